The fourth-order valence-corrected chi connectivity index (χ4v) is 3.33. The Kier molecular flexibility index (Phi) is 6.19. The van der Waals surface area contributed by atoms with Gasteiger partial charge in [-0.05, 0) is 26.2 Å². The summed E-state index contributed by atoms with van der Waals surface area (Å²) in [7, 11) is 0. The van der Waals surface area contributed by atoms with Gasteiger partial charge in [-0.25, -0.2) is 0 Å². The predicted molar refractivity (Wildman–Crippen MR) is 87.4 cm³/mol. The second-order valence-electron chi connectivity index (χ2n) is 6.34. The van der Waals surface area contributed by atoms with Gasteiger partial charge in [0.05, 0.1) is 11.8 Å². The summed E-state index contributed by atoms with van der Waals surface area (Å²) < 4.78 is 1.82. The number of carbonyl (C=O) groups is 2. The predicted octanol–water partition coefficient (Wildman–Crippen LogP) is 2.85. The van der Waals surface area contributed by atoms with E-state index >= 15 is 0 Å². The average Bonchev–Trinajstić information content (AvgIpc) is 2.74. The number of nitrogens with zero attached hydrogens (tertiary/aromatic N) is 3. The smallest absolute Gasteiger partial charge is 0.323 e. The molecule has 6 nitrogen and oxygen atoms in total. The molecule has 1 aromatic heterocycles. The van der Waals surface area contributed by atoms with Crippen LogP contribution >= 0.6 is 0 Å². The first kappa shape index (κ1) is 17.5. The largest absolute Gasteiger partial charge is 0.480 e. The van der Waals surface area contributed by atoms with Crippen molar-refractivity contribution < 1.29 is 14.7 Å². The van der Waals surface area contributed by atoms with Crippen LogP contribution in [0.1, 0.15) is 67.9 Å². The summed E-state index contributed by atoms with van der Waals surface area (Å²) in [4.78, 5) is 25.7. The molecule has 0 spiro atoms. The standard InChI is InChI=1S/C17H27N3O3/c1-3-10-20-13(2)15(11-18-20)17(23)19(12-16(21)22)14-8-6-4-5-7-9-14/h11,14H,3-10,12H2,1-2H3,(H,21,22). The van der Waals surface area contributed by atoms with Gasteiger partial charge in [-0.1, -0.05) is 32.6 Å². The highest BCUT2D eigenvalue weighted by molar-refractivity contribution is 5.96. The van der Waals surface area contributed by atoms with Crippen LogP contribution in [0.2, 0.25) is 0 Å². The van der Waals surface area contributed by atoms with Crippen LogP contribution in [0.4, 0.5) is 0 Å². The van der Waals surface area contributed by atoms with Crippen molar-refractivity contribution in [1.29, 1.82) is 0 Å². The molecule has 6 heteroatoms. The summed E-state index contributed by atoms with van der Waals surface area (Å²) in [5, 5.41) is 13.5. The van der Waals surface area contributed by atoms with Crippen LogP contribution in [0.3, 0.4) is 0 Å². The Morgan fingerprint density at radius 2 is 1.96 bits per heavy atom. The van der Waals surface area contributed by atoms with Crippen LogP contribution in [0.15, 0.2) is 6.20 Å². The molecule has 0 aromatic carbocycles. The van der Waals surface area contributed by atoms with Gasteiger partial charge in [0.2, 0.25) is 0 Å². The molecule has 1 aromatic rings. The molecular formula is C17H27N3O3. The van der Waals surface area contributed by atoms with Gasteiger partial charge < -0.3 is 10.0 Å². The molecule has 1 N–H and O–H groups in total. The molecule has 0 radical (unpaired) electrons. The lowest BCUT2D eigenvalue weighted by atomic mass is 10.1. The Bertz CT molecular complexity index is 545. The summed E-state index contributed by atoms with van der Waals surface area (Å²) in [5.74, 6) is -1.15. The number of carboxylic acids is 1. The van der Waals surface area contributed by atoms with E-state index in [1.165, 1.54) is 12.8 Å². The number of aliphatic carboxylic acids is 1. The Morgan fingerprint density at radius 3 is 2.52 bits per heavy atom. The number of rotatable bonds is 6. The molecule has 1 heterocycles. The number of hydrogen-bond acceptors (Lipinski definition) is 3. The first-order valence-electron chi connectivity index (χ1n) is 8.59. The first-order valence-corrected chi connectivity index (χ1v) is 8.59. The van der Waals surface area contributed by atoms with E-state index in [0.29, 0.717) is 5.56 Å². The summed E-state index contributed by atoms with van der Waals surface area (Å²) in [6, 6.07) is 0.0232. The molecule has 0 atom stereocenters. The molecule has 0 unspecified atom stereocenters. The zero-order chi connectivity index (χ0) is 16.8. The van der Waals surface area contributed by atoms with Crippen molar-refractivity contribution in [3.05, 3.63) is 17.5 Å². The van der Waals surface area contributed by atoms with Gasteiger partial charge >= 0.3 is 5.97 Å². The lowest BCUT2D eigenvalue weighted by molar-refractivity contribution is -0.138. The lowest BCUT2D eigenvalue weighted by Gasteiger charge is -2.29. The molecule has 0 bridgehead atoms. The first-order chi connectivity index (χ1) is 11.0. The number of aromatic nitrogens is 2. The maximum absolute atomic E-state index is 12.9. The normalized spacial score (nSPS) is 16.1. The van der Waals surface area contributed by atoms with Gasteiger partial charge in [0.1, 0.15) is 6.54 Å². The molecule has 0 aliphatic heterocycles. The van der Waals surface area contributed by atoms with E-state index in [1.807, 2.05) is 11.6 Å². The van der Waals surface area contributed by atoms with Crippen molar-refractivity contribution in [2.45, 2.75) is 71.4 Å². The minimum atomic E-state index is -0.957. The molecule has 0 saturated heterocycles. The summed E-state index contributed by atoms with van der Waals surface area (Å²) >= 11 is 0. The van der Waals surface area contributed by atoms with Crippen molar-refractivity contribution in [3.8, 4) is 0 Å². The van der Waals surface area contributed by atoms with Gasteiger partial charge in [-0.2, -0.15) is 5.10 Å². The number of aryl methyl sites for hydroxylation is 1. The lowest BCUT2D eigenvalue weighted by Crippen LogP contribution is -2.43. The highest BCUT2D eigenvalue weighted by Crippen LogP contribution is 2.24. The zero-order valence-electron chi connectivity index (χ0n) is 14.1. The second-order valence-corrected chi connectivity index (χ2v) is 6.34. The average molecular weight is 321 g/mol. The SMILES string of the molecule is CCCn1ncc(C(=O)N(CC(=O)O)C2CCCCCC2)c1C. The fraction of sp³-hybridized carbons (Fsp3) is 0.706. The van der Waals surface area contributed by atoms with Crippen molar-refractivity contribution in [3.63, 3.8) is 0 Å². The van der Waals surface area contributed by atoms with E-state index in [9.17, 15) is 14.7 Å². The number of amides is 1. The molecule has 1 aliphatic carbocycles. The van der Waals surface area contributed by atoms with E-state index < -0.39 is 5.97 Å². The number of carboxylic acid groups (broad SMARTS) is 1. The van der Waals surface area contributed by atoms with Crippen LogP contribution in [0.25, 0.3) is 0 Å². The maximum Gasteiger partial charge on any atom is 0.323 e. The van der Waals surface area contributed by atoms with Crippen LogP contribution in [-0.4, -0.2) is 44.3 Å². The van der Waals surface area contributed by atoms with E-state index in [0.717, 1.165) is 44.3 Å². The van der Waals surface area contributed by atoms with Crippen molar-refractivity contribution in [2.75, 3.05) is 6.54 Å². The number of carbonyl (C=O) groups excluding carboxylic acids is 1. The van der Waals surface area contributed by atoms with Gasteiger partial charge in [0, 0.05) is 18.3 Å². The molecular weight excluding hydrogens is 294 g/mol. The molecule has 1 saturated carbocycles. The summed E-state index contributed by atoms with van der Waals surface area (Å²) in [6.45, 7) is 4.47. The van der Waals surface area contributed by atoms with Crippen molar-refractivity contribution >= 4 is 11.9 Å². The molecule has 2 rings (SSSR count). The maximum atomic E-state index is 12.9. The van der Waals surface area contributed by atoms with Gasteiger partial charge in [0.25, 0.3) is 5.91 Å². The third-order valence-electron chi connectivity index (χ3n) is 4.60. The van der Waals surface area contributed by atoms with Crippen LogP contribution in [0.5, 0.6) is 0 Å². The van der Waals surface area contributed by atoms with Crippen molar-refractivity contribution in [1.82, 2.24) is 14.7 Å². The van der Waals surface area contributed by atoms with Gasteiger partial charge in [-0.3, -0.25) is 14.3 Å². The van der Waals surface area contributed by atoms with E-state index in [2.05, 4.69) is 12.0 Å². The Hall–Kier alpha value is -1.85. The molecule has 1 amide bonds. The van der Waals surface area contributed by atoms with Crippen LogP contribution in [-0.2, 0) is 11.3 Å². The molecule has 1 fully saturated rings. The van der Waals surface area contributed by atoms with E-state index in [4.69, 9.17) is 0 Å². The third kappa shape index (κ3) is 4.33. The van der Waals surface area contributed by atoms with Gasteiger partial charge in [0.15, 0.2) is 0 Å². The molecule has 1 aliphatic rings. The Labute approximate surface area is 137 Å². The third-order valence-corrected chi connectivity index (χ3v) is 4.60. The molecule has 128 valence electrons. The minimum Gasteiger partial charge on any atom is -0.480 e. The second kappa shape index (κ2) is 8.13. The van der Waals surface area contributed by atoms with E-state index in [1.54, 1.807) is 11.1 Å². The van der Waals surface area contributed by atoms with Crippen LogP contribution in [0, 0.1) is 6.92 Å². The summed E-state index contributed by atoms with van der Waals surface area (Å²) in [6.07, 6.45) is 8.75. The van der Waals surface area contributed by atoms with E-state index in [-0.39, 0.29) is 18.5 Å². The highest BCUT2D eigenvalue weighted by atomic mass is 16.4. The topological polar surface area (TPSA) is 75.4 Å². The minimum absolute atomic E-state index is 0.0232. The quantitative estimate of drug-likeness (QED) is 0.818. The Morgan fingerprint density at radius 1 is 1.30 bits per heavy atom. The summed E-state index contributed by atoms with van der Waals surface area (Å²) in [5.41, 5.74) is 1.35. The monoisotopic (exact) mass is 321 g/mol. The molecule has 23 heavy (non-hydrogen) atoms. The number of hydrogen-bond donors (Lipinski definition) is 1. The zero-order valence-corrected chi connectivity index (χ0v) is 14.1. The van der Waals surface area contributed by atoms with Gasteiger partial charge in [-0.15, -0.1) is 0 Å². The highest BCUT2D eigenvalue weighted by Gasteiger charge is 2.29. The van der Waals surface area contributed by atoms with Crippen LogP contribution < -0.4 is 0 Å². The van der Waals surface area contributed by atoms with Crippen molar-refractivity contribution in [2.24, 2.45) is 0 Å². The fourth-order valence-electron chi connectivity index (χ4n) is 3.33. The Balaban J connectivity index is 2.23.